The molecular formula is C10H18O2. The van der Waals surface area contributed by atoms with Gasteiger partial charge in [0.2, 0.25) is 0 Å². The first-order chi connectivity index (χ1) is 5.63. The fourth-order valence-electron chi connectivity index (χ4n) is 1.52. The molecule has 0 aliphatic heterocycles. The van der Waals surface area contributed by atoms with Crippen LogP contribution in [0.2, 0.25) is 0 Å². The van der Waals surface area contributed by atoms with Crippen molar-refractivity contribution in [1.82, 2.24) is 0 Å². The van der Waals surface area contributed by atoms with E-state index in [0.717, 1.165) is 12.8 Å². The topological polar surface area (TPSA) is 37.3 Å². The fraction of sp³-hybridized carbons (Fsp3) is 0.700. The van der Waals surface area contributed by atoms with Gasteiger partial charge in [0.05, 0.1) is 5.41 Å². The normalized spacial score (nSPS) is 11.2. The Bertz CT molecular complexity index is 155. The molecular weight excluding hydrogens is 152 g/mol. The number of hydrogen-bond acceptors (Lipinski definition) is 1. The molecule has 0 heterocycles. The molecule has 0 atom stereocenters. The van der Waals surface area contributed by atoms with Crippen LogP contribution in [0.15, 0.2) is 12.7 Å². The van der Waals surface area contributed by atoms with E-state index in [1.165, 1.54) is 0 Å². The van der Waals surface area contributed by atoms with Crippen molar-refractivity contribution in [2.75, 3.05) is 0 Å². The van der Waals surface area contributed by atoms with E-state index in [-0.39, 0.29) is 0 Å². The third-order valence-corrected chi connectivity index (χ3v) is 2.21. The summed E-state index contributed by atoms with van der Waals surface area (Å²) in [5.41, 5.74) is -0.677. The third-order valence-electron chi connectivity index (χ3n) is 2.21. The van der Waals surface area contributed by atoms with Gasteiger partial charge in [-0.15, -0.1) is 6.58 Å². The molecule has 1 N–H and O–H groups in total. The monoisotopic (exact) mass is 170 g/mol. The molecule has 0 radical (unpaired) electrons. The highest BCUT2D eigenvalue weighted by molar-refractivity contribution is 5.76. The van der Waals surface area contributed by atoms with Crippen LogP contribution in [0.1, 0.15) is 39.5 Å². The van der Waals surface area contributed by atoms with E-state index in [9.17, 15) is 4.79 Å². The predicted molar refractivity (Wildman–Crippen MR) is 50.1 cm³/mol. The first-order valence-electron chi connectivity index (χ1n) is 4.50. The average molecular weight is 170 g/mol. The summed E-state index contributed by atoms with van der Waals surface area (Å²) < 4.78 is 0. The van der Waals surface area contributed by atoms with E-state index in [0.29, 0.717) is 12.8 Å². The van der Waals surface area contributed by atoms with Gasteiger partial charge in [0.1, 0.15) is 0 Å². The number of hydrogen-bond donors (Lipinski definition) is 1. The van der Waals surface area contributed by atoms with Crippen molar-refractivity contribution in [3.8, 4) is 0 Å². The lowest BCUT2D eigenvalue weighted by Gasteiger charge is -2.24. The number of carboxylic acid groups (broad SMARTS) is 1. The van der Waals surface area contributed by atoms with Crippen molar-refractivity contribution in [3.05, 3.63) is 12.7 Å². The van der Waals surface area contributed by atoms with E-state index in [1.807, 2.05) is 13.8 Å². The van der Waals surface area contributed by atoms with Crippen LogP contribution in [0.3, 0.4) is 0 Å². The summed E-state index contributed by atoms with van der Waals surface area (Å²) in [5, 5.41) is 9.01. The van der Waals surface area contributed by atoms with E-state index in [1.54, 1.807) is 6.08 Å². The van der Waals surface area contributed by atoms with Crippen LogP contribution in [-0.4, -0.2) is 11.1 Å². The lowest BCUT2D eigenvalue weighted by atomic mass is 9.79. The highest BCUT2D eigenvalue weighted by atomic mass is 16.4. The average Bonchev–Trinajstić information content (AvgIpc) is 2.03. The Balaban J connectivity index is 4.50. The maximum atomic E-state index is 11.0. The molecule has 0 aromatic rings. The molecule has 0 spiro atoms. The molecule has 2 nitrogen and oxygen atoms in total. The molecule has 0 aliphatic rings. The van der Waals surface area contributed by atoms with Gasteiger partial charge >= 0.3 is 5.97 Å². The molecule has 0 unspecified atom stereocenters. The lowest BCUT2D eigenvalue weighted by Crippen LogP contribution is -2.28. The van der Waals surface area contributed by atoms with Crippen LogP contribution in [0.4, 0.5) is 0 Å². The van der Waals surface area contributed by atoms with Gasteiger partial charge < -0.3 is 5.11 Å². The van der Waals surface area contributed by atoms with Crippen LogP contribution >= 0.6 is 0 Å². The molecule has 0 aromatic carbocycles. The Hall–Kier alpha value is -0.790. The number of carboxylic acids is 1. The molecule has 2 heteroatoms. The highest BCUT2D eigenvalue weighted by Gasteiger charge is 2.32. The van der Waals surface area contributed by atoms with Gasteiger partial charge in [-0.2, -0.15) is 0 Å². The van der Waals surface area contributed by atoms with Gasteiger partial charge in [0, 0.05) is 0 Å². The number of rotatable bonds is 6. The van der Waals surface area contributed by atoms with Crippen LogP contribution in [0.5, 0.6) is 0 Å². The first-order valence-corrected chi connectivity index (χ1v) is 4.50. The number of aliphatic carboxylic acids is 1. The van der Waals surface area contributed by atoms with Crippen LogP contribution in [0.25, 0.3) is 0 Å². The fourth-order valence-corrected chi connectivity index (χ4v) is 1.52. The van der Waals surface area contributed by atoms with Crippen molar-refractivity contribution in [1.29, 1.82) is 0 Å². The summed E-state index contributed by atoms with van der Waals surface area (Å²) in [7, 11) is 0. The van der Waals surface area contributed by atoms with Gasteiger partial charge in [0.15, 0.2) is 0 Å². The van der Waals surface area contributed by atoms with Crippen LogP contribution < -0.4 is 0 Å². The molecule has 70 valence electrons. The second-order valence-electron chi connectivity index (χ2n) is 3.17. The van der Waals surface area contributed by atoms with E-state index in [2.05, 4.69) is 6.58 Å². The summed E-state index contributed by atoms with van der Waals surface area (Å²) in [5.74, 6) is -0.735. The minimum absolute atomic E-state index is 0.677. The summed E-state index contributed by atoms with van der Waals surface area (Å²) >= 11 is 0. The molecule has 0 rings (SSSR count). The molecule has 0 saturated carbocycles. The minimum Gasteiger partial charge on any atom is -0.481 e. The highest BCUT2D eigenvalue weighted by Crippen LogP contribution is 2.31. The Labute approximate surface area is 74.3 Å². The van der Waals surface area contributed by atoms with Gasteiger partial charge in [-0.05, 0) is 12.8 Å². The predicted octanol–water partition coefficient (Wildman–Crippen LogP) is 2.84. The molecule has 12 heavy (non-hydrogen) atoms. The Morgan fingerprint density at radius 1 is 1.42 bits per heavy atom. The zero-order valence-electron chi connectivity index (χ0n) is 7.97. The summed E-state index contributed by atoms with van der Waals surface area (Å²) in [6.45, 7) is 7.60. The second kappa shape index (κ2) is 4.96. The van der Waals surface area contributed by atoms with Gasteiger partial charge in [-0.1, -0.05) is 32.8 Å². The summed E-state index contributed by atoms with van der Waals surface area (Å²) in [6.07, 6.45) is 4.75. The number of carbonyl (C=O) groups is 1. The van der Waals surface area contributed by atoms with Gasteiger partial charge in [0.25, 0.3) is 0 Å². The van der Waals surface area contributed by atoms with Crippen LogP contribution in [-0.2, 0) is 4.79 Å². The van der Waals surface area contributed by atoms with E-state index >= 15 is 0 Å². The zero-order valence-corrected chi connectivity index (χ0v) is 7.97. The maximum absolute atomic E-state index is 11.0. The van der Waals surface area contributed by atoms with E-state index < -0.39 is 11.4 Å². The van der Waals surface area contributed by atoms with Crippen molar-refractivity contribution >= 4 is 5.97 Å². The van der Waals surface area contributed by atoms with Crippen molar-refractivity contribution < 1.29 is 9.90 Å². The van der Waals surface area contributed by atoms with Crippen molar-refractivity contribution in [2.45, 2.75) is 39.5 Å². The molecule has 0 aliphatic carbocycles. The van der Waals surface area contributed by atoms with Crippen LogP contribution in [0, 0.1) is 5.41 Å². The quantitative estimate of drug-likeness (QED) is 0.622. The summed E-state index contributed by atoms with van der Waals surface area (Å²) in [4.78, 5) is 11.0. The maximum Gasteiger partial charge on any atom is 0.313 e. The SMILES string of the molecule is C=CC(CCC)(CCC)C(=O)O. The summed E-state index contributed by atoms with van der Waals surface area (Å²) in [6, 6.07) is 0. The zero-order chi connectivity index (χ0) is 9.61. The molecule has 0 saturated heterocycles. The molecule has 0 amide bonds. The Kier molecular flexibility index (Phi) is 4.64. The molecule has 0 bridgehead atoms. The smallest absolute Gasteiger partial charge is 0.313 e. The van der Waals surface area contributed by atoms with E-state index in [4.69, 9.17) is 5.11 Å². The molecule has 0 fully saturated rings. The minimum atomic E-state index is -0.735. The van der Waals surface area contributed by atoms with Gasteiger partial charge in [-0.25, -0.2) is 0 Å². The Morgan fingerprint density at radius 2 is 1.83 bits per heavy atom. The van der Waals surface area contributed by atoms with Crippen molar-refractivity contribution in [3.63, 3.8) is 0 Å². The lowest BCUT2D eigenvalue weighted by molar-refractivity contribution is -0.146. The van der Waals surface area contributed by atoms with Gasteiger partial charge in [-0.3, -0.25) is 4.79 Å². The second-order valence-corrected chi connectivity index (χ2v) is 3.17. The van der Waals surface area contributed by atoms with Crippen molar-refractivity contribution in [2.24, 2.45) is 5.41 Å². The Morgan fingerprint density at radius 3 is 2.00 bits per heavy atom. The first kappa shape index (κ1) is 11.2. The standard InChI is InChI=1S/C10H18O2/c1-4-7-10(6-3,8-5-2)9(11)12/h6H,3-5,7-8H2,1-2H3,(H,11,12). The third kappa shape index (κ3) is 2.36. The largest absolute Gasteiger partial charge is 0.481 e. The molecule has 0 aromatic heterocycles.